The van der Waals surface area contributed by atoms with Gasteiger partial charge in [-0.05, 0) is 85.2 Å². The number of rotatable bonds is 5. The van der Waals surface area contributed by atoms with Crippen molar-refractivity contribution < 1.29 is 14.0 Å². The van der Waals surface area contributed by atoms with E-state index >= 15 is 0 Å². The van der Waals surface area contributed by atoms with Gasteiger partial charge in [-0.15, -0.1) is 0 Å². The first kappa shape index (κ1) is 24.7. The van der Waals surface area contributed by atoms with E-state index in [4.69, 9.17) is 5.73 Å². The van der Waals surface area contributed by atoms with Crippen LogP contribution in [0.15, 0.2) is 60.7 Å². The number of benzene rings is 3. The second kappa shape index (κ2) is 10.3. The lowest BCUT2D eigenvalue weighted by Crippen LogP contribution is -2.54. The number of nitrogen functional groups attached to an aromatic ring is 1. The Hall–Kier alpha value is -3.65. The number of urea groups is 1. The van der Waals surface area contributed by atoms with E-state index in [1.54, 1.807) is 23.1 Å². The van der Waals surface area contributed by atoms with E-state index in [1.165, 1.54) is 11.6 Å². The Balaban J connectivity index is 1.06. The van der Waals surface area contributed by atoms with E-state index in [0.717, 1.165) is 49.4 Å². The van der Waals surface area contributed by atoms with Crippen LogP contribution in [0.5, 0.6) is 0 Å². The van der Waals surface area contributed by atoms with Gasteiger partial charge in [0.1, 0.15) is 11.9 Å². The molecule has 0 saturated carbocycles. The summed E-state index contributed by atoms with van der Waals surface area (Å²) in [6.45, 7) is 1.44. The van der Waals surface area contributed by atoms with Gasteiger partial charge in [0.15, 0.2) is 0 Å². The standard InChI is InChI=1S/C30H34FN5O2/c31-22-10-9-20-14-19(7-8-21(20)15-22)18-36-24-11-12-25(36)17-23(16-24)33-30(38)35-13-3-6-28(35)29(37)34-27-5-2-1-4-26(27)32/h1-2,4-5,7-10,14-15,23-25,28H,3,6,11-13,16-18,32H2,(H,33,38)(H,34,37)/t23?,24?,25?,28-/m0/s1. The number of fused-ring (bicyclic) bond motifs is 3. The molecule has 0 radical (unpaired) electrons. The molecule has 3 fully saturated rings. The minimum absolute atomic E-state index is 0.102. The highest BCUT2D eigenvalue weighted by Crippen LogP contribution is 2.37. The summed E-state index contributed by atoms with van der Waals surface area (Å²) >= 11 is 0. The molecule has 3 aromatic rings. The Labute approximate surface area is 222 Å². The van der Waals surface area contributed by atoms with E-state index in [2.05, 4.69) is 27.7 Å². The summed E-state index contributed by atoms with van der Waals surface area (Å²) < 4.78 is 13.5. The Bertz CT molecular complexity index is 1350. The van der Waals surface area contributed by atoms with Gasteiger partial charge in [-0.2, -0.15) is 0 Å². The Morgan fingerprint density at radius 3 is 2.47 bits per heavy atom. The predicted molar refractivity (Wildman–Crippen MR) is 147 cm³/mol. The summed E-state index contributed by atoms with van der Waals surface area (Å²) in [6.07, 6.45) is 5.52. The first-order valence-electron chi connectivity index (χ1n) is 13.6. The molecule has 3 aliphatic heterocycles. The fourth-order valence-electron chi connectivity index (χ4n) is 6.59. The third-order valence-electron chi connectivity index (χ3n) is 8.48. The molecule has 0 spiro atoms. The van der Waals surface area contributed by atoms with Gasteiger partial charge >= 0.3 is 6.03 Å². The molecule has 2 bridgehead atoms. The van der Waals surface area contributed by atoms with Crippen LogP contribution in [-0.2, 0) is 11.3 Å². The number of anilines is 2. The highest BCUT2D eigenvalue weighted by molar-refractivity contribution is 5.99. The van der Waals surface area contributed by atoms with E-state index in [0.29, 0.717) is 36.4 Å². The zero-order valence-corrected chi connectivity index (χ0v) is 21.4. The number of carbonyl (C=O) groups is 2. The maximum atomic E-state index is 13.5. The number of hydrogen-bond donors (Lipinski definition) is 3. The normalized spacial score (nSPS) is 25.0. The zero-order valence-electron chi connectivity index (χ0n) is 21.4. The van der Waals surface area contributed by atoms with Crippen molar-refractivity contribution in [3.63, 3.8) is 0 Å². The Morgan fingerprint density at radius 1 is 0.947 bits per heavy atom. The Kier molecular flexibility index (Phi) is 6.66. The number of carbonyl (C=O) groups excluding carboxylic acids is 2. The number of nitrogens with two attached hydrogens (primary N) is 1. The minimum atomic E-state index is -0.493. The molecule has 0 aliphatic carbocycles. The minimum Gasteiger partial charge on any atom is -0.397 e. The van der Waals surface area contributed by atoms with Gasteiger partial charge in [0, 0.05) is 31.2 Å². The lowest BCUT2D eigenvalue weighted by Gasteiger charge is -2.40. The smallest absolute Gasteiger partial charge is 0.318 e. The van der Waals surface area contributed by atoms with Crippen LogP contribution in [0.3, 0.4) is 0 Å². The van der Waals surface area contributed by atoms with Crippen LogP contribution in [0.25, 0.3) is 10.8 Å². The van der Waals surface area contributed by atoms with Crippen molar-refractivity contribution in [2.24, 2.45) is 0 Å². The second-order valence-electron chi connectivity index (χ2n) is 10.9. The van der Waals surface area contributed by atoms with Crippen LogP contribution in [0.1, 0.15) is 44.1 Å². The molecular weight excluding hydrogens is 481 g/mol. The zero-order chi connectivity index (χ0) is 26.2. The summed E-state index contributed by atoms with van der Waals surface area (Å²) in [7, 11) is 0. The number of halogens is 1. The van der Waals surface area contributed by atoms with Crippen molar-refractivity contribution in [3.05, 3.63) is 72.0 Å². The van der Waals surface area contributed by atoms with Crippen LogP contribution >= 0.6 is 0 Å². The van der Waals surface area contributed by atoms with Gasteiger partial charge in [-0.25, -0.2) is 9.18 Å². The molecule has 0 aromatic heterocycles. The third-order valence-corrected chi connectivity index (χ3v) is 8.48. The average Bonchev–Trinajstić information content (AvgIpc) is 3.48. The van der Waals surface area contributed by atoms with Crippen molar-refractivity contribution in [3.8, 4) is 0 Å². The molecule has 3 atom stereocenters. The summed E-state index contributed by atoms with van der Waals surface area (Å²) in [6, 6.07) is 18.6. The SMILES string of the molecule is Nc1ccccc1NC(=O)[C@@H]1CCCN1C(=O)NC1CC2CCC(C1)N2Cc1ccc2cc(F)ccc2c1. The van der Waals surface area contributed by atoms with Crippen LogP contribution < -0.4 is 16.4 Å². The van der Waals surface area contributed by atoms with E-state index < -0.39 is 6.04 Å². The van der Waals surface area contributed by atoms with Gasteiger partial charge < -0.3 is 21.3 Å². The molecule has 4 N–H and O–H groups in total. The van der Waals surface area contributed by atoms with Gasteiger partial charge in [0.2, 0.25) is 5.91 Å². The van der Waals surface area contributed by atoms with Crippen molar-refractivity contribution in [1.82, 2.24) is 15.1 Å². The highest BCUT2D eigenvalue weighted by Gasteiger charge is 2.42. The van der Waals surface area contributed by atoms with Crippen LogP contribution in [0.4, 0.5) is 20.6 Å². The van der Waals surface area contributed by atoms with Gasteiger partial charge in [-0.3, -0.25) is 9.69 Å². The molecule has 3 saturated heterocycles. The summed E-state index contributed by atoms with van der Waals surface area (Å²) in [5, 5.41) is 8.12. The Morgan fingerprint density at radius 2 is 1.68 bits per heavy atom. The fraction of sp³-hybridized carbons (Fsp3) is 0.400. The molecule has 38 heavy (non-hydrogen) atoms. The highest BCUT2D eigenvalue weighted by atomic mass is 19.1. The van der Waals surface area contributed by atoms with Gasteiger partial charge in [0.05, 0.1) is 11.4 Å². The predicted octanol–water partition coefficient (Wildman–Crippen LogP) is 4.87. The van der Waals surface area contributed by atoms with E-state index in [-0.39, 0.29) is 23.8 Å². The first-order chi connectivity index (χ1) is 18.4. The number of amides is 3. The molecule has 198 valence electrons. The van der Waals surface area contributed by atoms with Crippen LogP contribution in [-0.4, -0.2) is 52.5 Å². The summed E-state index contributed by atoms with van der Waals surface area (Å²) in [5.74, 6) is -0.405. The van der Waals surface area contributed by atoms with Crippen molar-refractivity contribution >= 4 is 34.1 Å². The van der Waals surface area contributed by atoms with E-state index in [1.807, 2.05) is 24.3 Å². The monoisotopic (exact) mass is 515 g/mol. The molecule has 6 rings (SSSR count). The molecule has 7 nitrogen and oxygen atoms in total. The number of nitrogens with zero attached hydrogens (tertiary/aromatic N) is 2. The second-order valence-corrected chi connectivity index (χ2v) is 10.9. The summed E-state index contributed by atoms with van der Waals surface area (Å²) in [5.41, 5.74) is 8.30. The molecule has 3 amide bonds. The molecule has 3 heterocycles. The molecule has 2 unspecified atom stereocenters. The number of likely N-dealkylation sites (tertiary alicyclic amines) is 1. The third kappa shape index (κ3) is 4.92. The number of piperidine rings is 1. The van der Waals surface area contributed by atoms with E-state index in [9.17, 15) is 14.0 Å². The van der Waals surface area contributed by atoms with Gasteiger partial charge in [-0.1, -0.05) is 30.3 Å². The largest absolute Gasteiger partial charge is 0.397 e. The molecule has 3 aromatic carbocycles. The van der Waals surface area contributed by atoms with Crippen molar-refractivity contribution in [1.29, 1.82) is 0 Å². The number of nitrogens with one attached hydrogen (secondary N) is 2. The molecular formula is C30H34FN5O2. The first-order valence-corrected chi connectivity index (χ1v) is 13.6. The maximum absolute atomic E-state index is 13.5. The number of hydrogen-bond acceptors (Lipinski definition) is 4. The molecule has 3 aliphatic rings. The lowest BCUT2D eigenvalue weighted by molar-refractivity contribution is -0.119. The average molecular weight is 516 g/mol. The van der Waals surface area contributed by atoms with Gasteiger partial charge in [0.25, 0.3) is 0 Å². The van der Waals surface area contributed by atoms with Crippen LogP contribution in [0.2, 0.25) is 0 Å². The topological polar surface area (TPSA) is 90.7 Å². The van der Waals surface area contributed by atoms with Crippen molar-refractivity contribution in [2.45, 2.75) is 69.2 Å². The van der Waals surface area contributed by atoms with Crippen molar-refractivity contribution in [2.75, 3.05) is 17.6 Å². The quantitative estimate of drug-likeness (QED) is 0.423. The van der Waals surface area contributed by atoms with Crippen LogP contribution in [0, 0.1) is 5.82 Å². The maximum Gasteiger partial charge on any atom is 0.318 e. The fourth-order valence-corrected chi connectivity index (χ4v) is 6.59. The number of para-hydroxylation sites is 2. The summed E-state index contributed by atoms with van der Waals surface area (Å²) in [4.78, 5) is 30.5. The molecule has 8 heteroatoms. The lowest BCUT2D eigenvalue weighted by atomic mass is 9.96.